The number of nitrogens with zero attached hydrogens (tertiary/aromatic N) is 1. The van der Waals surface area contributed by atoms with Gasteiger partial charge < -0.3 is 10.1 Å². The van der Waals surface area contributed by atoms with Crippen molar-refractivity contribution < 1.29 is 23.9 Å². The molecular weight excluding hydrogens is 528 g/mol. The highest BCUT2D eigenvalue weighted by Crippen LogP contribution is 2.61. The third-order valence-corrected chi connectivity index (χ3v) is 8.79. The number of nitrogens with one attached hydrogen (secondary N) is 1. The average Bonchev–Trinajstić information content (AvgIpc) is 3.30. The zero-order chi connectivity index (χ0) is 29.0. The van der Waals surface area contributed by atoms with Crippen LogP contribution in [0.5, 0.6) is 0 Å². The van der Waals surface area contributed by atoms with E-state index in [-0.39, 0.29) is 34.9 Å². The Labute approximate surface area is 243 Å². The van der Waals surface area contributed by atoms with Crippen LogP contribution in [0.4, 0.5) is 11.4 Å². The van der Waals surface area contributed by atoms with E-state index in [0.717, 1.165) is 34.2 Å². The van der Waals surface area contributed by atoms with Gasteiger partial charge in [-0.05, 0) is 58.5 Å². The molecule has 2 atom stereocenters. The van der Waals surface area contributed by atoms with E-state index in [0.29, 0.717) is 5.69 Å². The van der Waals surface area contributed by atoms with Crippen LogP contribution in [0.2, 0.25) is 0 Å². The Morgan fingerprint density at radius 1 is 0.714 bits per heavy atom. The van der Waals surface area contributed by atoms with Crippen LogP contribution in [0.15, 0.2) is 97.1 Å². The molecule has 7 heteroatoms. The molecule has 4 aromatic rings. The predicted octanol–water partition coefficient (Wildman–Crippen LogP) is 5.44. The van der Waals surface area contributed by atoms with Crippen LogP contribution in [0, 0.1) is 11.8 Å². The van der Waals surface area contributed by atoms with Gasteiger partial charge >= 0.3 is 5.97 Å². The van der Waals surface area contributed by atoms with Crippen LogP contribution in [0.1, 0.15) is 56.9 Å². The van der Waals surface area contributed by atoms with Crippen LogP contribution in [-0.2, 0) is 25.5 Å². The molecule has 42 heavy (non-hydrogen) atoms. The van der Waals surface area contributed by atoms with Gasteiger partial charge in [0, 0.05) is 17.5 Å². The number of para-hydroxylation sites is 1. The van der Waals surface area contributed by atoms with E-state index >= 15 is 0 Å². The van der Waals surface area contributed by atoms with Crippen LogP contribution in [0.3, 0.4) is 0 Å². The summed E-state index contributed by atoms with van der Waals surface area (Å²) < 4.78 is 5.35. The molecule has 1 heterocycles. The average molecular weight is 557 g/mol. The van der Waals surface area contributed by atoms with Gasteiger partial charge in [0.15, 0.2) is 6.61 Å². The molecule has 208 valence electrons. The first kappa shape index (κ1) is 25.9. The molecule has 1 saturated heterocycles. The lowest BCUT2D eigenvalue weighted by Crippen LogP contribution is -2.41. The molecule has 0 aromatic heterocycles. The molecule has 0 unspecified atom stereocenters. The lowest BCUT2D eigenvalue weighted by Gasteiger charge is -2.45. The van der Waals surface area contributed by atoms with Crippen molar-refractivity contribution in [1.82, 2.24) is 0 Å². The summed E-state index contributed by atoms with van der Waals surface area (Å²) >= 11 is 0. The van der Waals surface area contributed by atoms with E-state index in [2.05, 4.69) is 5.32 Å². The molecule has 1 aliphatic heterocycles. The van der Waals surface area contributed by atoms with Crippen molar-refractivity contribution >= 4 is 35.1 Å². The monoisotopic (exact) mass is 556 g/mol. The van der Waals surface area contributed by atoms with E-state index in [9.17, 15) is 19.2 Å². The van der Waals surface area contributed by atoms with Gasteiger partial charge in [0.1, 0.15) is 0 Å². The summed E-state index contributed by atoms with van der Waals surface area (Å²) in [5.74, 6) is -3.55. The standard InChI is InChI=1S/C35H28N2O5/c1-2-20-15-17-21(18-16-20)36-28(38)19-42-35(41)26-13-7-8-14-27(26)37-33(39)31-29-22-9-3-4-10-23(22)30(32(31)34(37)40)25-12-6-5-11-24(25)29/h3-18,29-32H,2,19H2,1H3,(H,36,38)/t29?,30?,31-,32-/m0/s1. The van der Waals surface area contributed by atoms with Crippen LogP contribution in [0.25, 0.3) is 0 Å². The maximum absolute atomic E-state index is 14.1. The Morgan fingerprint density at radius 3 is 1.74 bits per heavy atom. The Morgan fingerprint density at radius 2 is 1.21 bits per heavy atom. The number of imide groups is 1. The minimum Gasteiger partial charge on any atom is -0.452 e. The fraction of sp³-hybridized carbons (Fsp3) is 0.200. The summed E-state index contributed by atoms with van der Waals surface area (Å²) in [6.07, 6.45) is 0.885. The van der Waals surface area contributed by atoms with Gasteiger partial charge in [-0.15, -0.1) is 0 Å². The summed E-state index contributed by atoms with van der Waals surface area (Å²) in [6, 6.07) is 29.9. The topological polar surface area (TPSA) is 92.8 Å². The number of carbonyl (C=O) groups excluding carboxylic acids is 4. The van der Waals surface area contributed by atoms with Gasteiger partial charge in [-0.3, -0.25) is 14.4 Å². The number of aryl methyl sites for hydroxylation is 1. The van der Waals surface area contributed by atoms with Crippen LogP contribution in [-0.4, -0.2) is 30.3 Å². The third-order valence-electron chi connectivity index (χ3n) is 8.79. The van der Waals surface area contributed by atoms with Crippen molar-refractivity contribution in [3.8, 4) is 0 Å². The number of hydrogen-bond donors (Lipinski definition) is 1. The first-order valence-electron chi connectivity index (χ1n) is 14.2. The number of hydrogen-bond acceptors (Lipinski definition) is 5. The molecule has 0 saturated carbocycles. The van der Waals surface area contributed by atoms with E-state index in [1.807, 2.05) is 67.6 Å². The Hall–Kier alpha value is -5.04. The number of benzene rings is 4. The SMILES string of the molecule is CCc1ccc(NC(=O)COC(=O)c2ccccc2N2C(=O)[C@H]3C4c5ccccc5C(c5ccccc54)[C@@H]3C2=O)cc1. The van der Waals surface area contributed by atoms with Crippen molar-refractivity contribution in [1.29, 1.82) is 0 Å². The molecule has 1 fully saturated rings. The summed E-state index contributed by atoms with van der Waals surface area (Å²) in [5.41, 5.74) is 6.28. The molecule has 8 rings (SSSR count). The van der Waals surface area contributed by atoms with Crippen molar-refractivity contribution in [3.63, 3.8) is 0 Å². The lowest BCUT2D eigenvalue weighted by molar-refractivity contribution is -0.122. The molecule has 1 N–H and O–H groups in total. The molecule has 4 aromatic carbocycles. The summed E-state index contributed by atoms with van der Waals surface area (Å²) in [6.45, 7) is 1.54. The normalized spacial score (nSPS) is 21.4. The quantitative estimate of drug-likeness (QED) is 0.252. The second-order valence-corrected chi connectivity index (χ2v) is 11.0. The molecule has 4 aliphatic rings. The second-order valence-electron chi connectivity index (χ2n) is 11.0. The van der Waals surface area contributed by atoms with Gasteiger partial charge in [0.05, 0.1) is 23.1 Å². The molecule has 2 bridgehead atoms. The van der Waals surface area contributed by atoms with E-state index in [1.54, 1.807) is 30.3 Å². The zero-order valence-electron chi connectivity index (χ0n) is 22.9. The van der Waals surface area contributed by atoms with Gasteiger partial charge in [-0.25, -0.2) is 9.69 Å². The highest BCUT2D eigenvalue weighted by Gasteiger charge is 2.62. The number of rotatable bonds is 6. The van der Waals surface area contributed by atoms with Crippen LogP contribution >= 0.6 is 0 Å². The molecule has 3 aliphatic carbocycles. The maximum Gasteiger partial charge on any atom is 0.340 e. The fourth-order valence-electron chi connectivity index (χ4n) is 6.99. The van der Waals surface area contributed by atoms with Gasteiger partial charge in [0.2, 0.25) is 11.8 Å². The van der Waals surface area contributed by atoms with Crippen molar-refractivity contribution in [2.24, 2.45) is 11.8 Å². The number of anilines is 2. The van der Waals surface area contributed by atoms with Crippen molar-refractivity contribution in [2.75, 3.05) is 16.8 Å². The molecule has 7 nitrogen and oxygen atoms in total. The summed E-state index contributed by atoms with van der Waals surface area (Å²) in [5, 5.41) is 2.72. The van der Waals surface area contributed by atoms with Crippen molar-refractivity contribution in [3.05, 3.63) is 130 Å². The maximum atomic E-state index is 14.1. The first-order chi connectivity index (χ1) is 20.5. The van der Waals surface area contributed by atoms with E-state index in [1.165, 1.54) is 11.0 Å². The Balaban J connectivity index is 1.16. The zero-order valence-corrected chi connectivity index (χ0v) is 22.9. The number of amides is 3. The minimum atomic E-state index is -0.785. The lowest BCUT2D eigenvalue weighted by atomic mass is 9.55. The highest BCUT2D eigenvalue weighted by atomic mass is 16.5. The van der Waals surface area contributed by atoms with Crippen LogP contribution < -0.4 is 10.2 Å². The van der Waals surface area contributed by atoms with Gasteiger partial charge in [-0.1, -0.05) is 79.7 Å². The molecule has 0 spiro atoms. The largest absolute Gasteiger partial charge is 0.452 e. The molecule has 3 amide bonds. The van der Waals surface area contributed by atoms with Crippen molar-refractivity contribution in [2.45, 2.75) is 25.2 Å². The smallest absolute Gasteiger partial charge is 0.340 e. The summed E-state index contributed by atoms with van der Waals surface area (Å²) in [4.78, 5) is 55.2. The van der Waals surface area contributed by atoms with Gasteiger partial charge in [0.25, 0.3) is 5.91 Å². The molecular formula is C35H28N2O5. The minimum absolute atomic E-state index is 0.0559. The summed E-state index contributed by atoms with van der Waals surface area (Å²) in [7, 11) is 0. The number of carbonyl (C=O) groups is 4. The van der Waals surface area contributed by atoms with Gasteiger partial charge in [-0.2, -0.15) is 0 Å². The third kappa shape index (κ3) is 3.96. The number of esters is 1. The van der Waals surface area contributed by atoms with E-state index in [4.69, 9.17) is 4.74 Å². The number of ether oxygens (including phenoxy) is 1. The molecule has 0 radical (unpaired) electrons. The van der Waals surface area contributed by atoms with E-state index < -0.39 is 30.3 Å². The Kier molecular flexibility index (Phi) is 6.23. The first-order valence-corrected chi connectivity index (χ1v) is 14.2. The fourth-order valence-corrected chi connectivity index (χ4v) is 6.99. The predicted molar refractivity (Wildman–Crippen MR) is 157 cm³/mol. The highest BCUT2D eigenvalue weighted by molar-refractivity contribution is 6.25. The Bertz CT molecular complexity index is 1650. The second kappa shape index (κ2) is 10.1.